The van der Waals surface area contributed by atoms with Gasteiger partial charge in [-0.3, -0.25) is 4.79 Å². The van der Waals surface area contributed by atoms with Gasteiger partial charge >= 0.3 is 0 Å². The predicted molar refractivity (Wildman–Crippen MR) is 97.6 cm³/mol. The van der Waals surface area contributed by atoms with Crippen LogP contribution in [0.4, 0.5) is 0 Å². The Kier molecular flexibility index (Phi) is 4.92. The van der Waals surface area contributed by atoms with Gasteiger partial charge in [-0.1, -0.05) is 29.8 Å². The number of carbonyl (C=O) groups excluding carboxylic acids is 1. The molecule has 1 aromatic heterocycles. The molecule has 3 aromatic rings. The quantitative estimate of drug-likeness (QED) is 0.727. The van der Waals surface area contributed by atoms with Gasteiger partial charge < -0.3 is 14.8 Å². The molecule has 0 aliphatic heterocycles. The van der Waals surface area contributed by atoms with Crippen LogP contribution in [0.15, 0.2) is 42.5 Å². The minimum Gasteiger partial charge on any atom is -0.496 e. The Bertz CT molecular complexity index is 891. The predicted octanol–water partition coefficient (Wildman–Crippen LogP) is 4.50. The lowest BCUT2D eigenvalue weighted by Crippen LogP contribution is -2.22. The van der Waals surface area contributed by atoms with Crippen LogP contribution < -0.4 is 14.8 Å². The smallest absolute Gasteiger partial charge is 0.265 e. The lowest BCUT2D eigenvalue weighted by atomic mass is 10.2. The van der Waals surface area contributed by atoms with Crippen molar-refractivity contribution in [2.24, 2.45) is 0 Å². The number of thiophene rings is 1. The molecule has 0 bridgehead atoms. The van der Waals surface area contributed by atoms with E-state index in [2.05, 4.69) is 5.32 Å². The fraction of sp³-hybridized carbons (Fsp3) is 0.167. The number of benzene rings is 2. The second kappa shape index (κ2) is 7.11. The van der Waals surface area contributed by atoms with Gasteiger partial charge in [0, 0.05) is 27.2 Å². The Balaban J connectivity index is 1.86. The molecule has 0 unspecified atom stereocenters. The molecule has 0 spiro atoms. The minimum atomic E-state index is -0.185. The molecule has 3 rings (SSSR count). The summed E-state index contributed by atoms with van der Waals surface area (Å²) in [7, 11) is 3.17. The second-order valence-electron chi connectivity index (χ2n) is 5.10. The van der Waals surface area contributed by atoms with Gasteiger partial charge in [-0.15, -0.1) is 11.3 Å². The maximum atomic E-state index is 12.6. The molecule has 24 heavy (non-hydrogen) atoms. The first-order chi connectivity index (χ1) is 11.6. The zero-order valence-electron chi connectivity index (χ0n) is 13.3. The molecule has 1 amide bonds. The molecule has 0 aliphatic rings. The maximum absolute atomic E-state index is 12.6. The van der Waals surface area contributed by atoms with Gasteiger partial charge in [0.15, 0.2) is 0 Å². The van der Waals surface area contributed by atoms with E-state index in [4.69, 9.17) is 21.1 Å². The fourth-order valence-corrected chi connectivity index (χ4v) is 3.74. The highest BCUT2D eigenvalue weighted by Gasteiger charge is 2.19. The number of ether oxygens (including phenoxy) is 2. The molecule has 0 aliphatic carbocycles. The summed E-state index contributed by atoms with van der Waals surface area (Å²) in [5, 5.41) is 4.37. The first kappa shape index (κ1) is 16.6. The minimum absolute atomic E-state index is 0.185. The van der Waals surface area contributed by atoms with E-state index in [9.17, 15) is 4.79 Å². The van der Waals surface area contributed by atoms with Crippen LogP contribution in [0.2, 0.25) is 5.02 Å². The van der Waals surface area contributed by atoms with Crippen LogP contribution in [-0.4, -0.2) is 20.1 Å². The van der Waals surface area contributed by atoms with Crippen LogP contribution >= 0.6 is 22.9 Å². The van der Waals surface area contributed by atoms with E-state index in [-0.39, 0.29) is 5.91 Å². The molecular weight excluding hydrogens is 346 g/mol. The summed E-state index contributed by atoms with van der Waals surface area (Å²) < 4.78 is 11.7. The molecule has 124 valence electrons. The van der Waals surface area contributed by atoms with E-state index in [1.807, 2.05) is 36.4 Å². The van der Waals surface area contributed by atoms with Gasteiger partial charge in [0.2, 0.25) is 0 Å². The summed E-state index contributed by atoms with van der Waals surface area (Å²) in [6, 6.07) is 13.1. The van der Waals surface area contributed by atoms with Crippen molar-refractivity contribution >= 4 is 38.9 Å². The molecule has 0 saturated heterocycles. The summed E-state index contributed by atoms with van der Waals surface area (Å²) in [4.78, 5) is 13.1. The standard InChI is InChI=1S/C18H16ClNO3S/c1-22-14-6-4-3-5-11(14)10-20-18(21)17-16(23-2)13-9-12(19)7-8-15(13)24-17/h3-9H,10H2,1-2H3,(H,20,21). The van der Waals surface area contributed by atoms with E-state index in [1.54, 1.807) is 20.3 Å². The monoisotopic (exact) mass is 361 g/mol. The number of methoxy groups -OCH3 is 2. The second-order valence-corrected chi connectivity index (χ2v) is 6.59. The first-order valence-corrected chi connectivity index (χ1v) is 8.49. The average Bonchev–Trinajstić information content (AvgIpc) is 2.97. The number of nitrogens with one attached hydrogen (secondary N) is 1. The normalized spacial score (nSPS) is 10.6. The van der Waals surface area contributed by atoms with Crippen LogP contribution in [0.3, 0.4) is 0 Å². The van der Waals surface area contributed by atoms with E-state index in [0.717, 1.165) is 21.4 Å². The number of hydrogen-bond acceptors (Lipinski definition) is 4. The van der Waals surface area contributed by atoms with Gasteiger partial charge in [-0.2, -0.15) is 0 Å². The number of fused-ring (bicyclic) bond motifs is 1. The highest BCUT2D eigenvalue weighted by Crippen LogP contribution is 2.39. The molecule has 0 radical (unpaired) electrons. The Hall–Kier alpha value is -2.24. The summed E-state index contributed by atoms with van der Waals surface area (Å²) in [5.74, 6) is 1.11. The molecule has 6 heteroatoms. The van der Waals surface area contributed by atoms with Crippen molar-refractivity contribution in [2.75, 3.05) is 14.2 Å². The van der Waals surface area contributed by atoms with Crippen molar-refractivity contribution in [3.8, 4) is 11.5 Å². The van der Waals surface area contributed by atoms with E-state index >= 15 is 0 Å². The Labute approximate surface area is 149 Å². The summed E-state index contributed by atoms with van der Waals surface area (Å²) >= 11 is 7.43. The SMILES string of the molecule is COc1ccccc1CNC(=O)c1sc2ccc(Cl)cc2c1OC. The zero-order chi connectivity index (χ0) is 17.1. The van der Waals surface area contributed by atoms with E-state index in [1.165, 1.54) is 11.3 Å². The van der Waals surface area contributed by atoms with Crippen molar-refractivity contribution < 1.29 is 14.3 Å². The van der Waals surface area contributed by atoms with E-state index in [0.29, 0.717) is 22.2 Å². The molecule has 1 heterocycles. The lowest BCUT2D eigenvalue weighted by molar-refractivity contribution is 0.0952. The number of rotatable bonds is 5. The van der Waals surface area contributed by atoms with E-state index < -0.39 is 0 Å². The van der Waals surface area contributed by atoms with Crippen molar-refractivity contribution in [3.63, 3.8) is 0 Å². The lowest BCUT2D eigenvalue weighted by Gasteiger charge is -2.09. The van der Waals surface area contributed by atoms with Crippen molar-refractivity contribution in [2.45, 2.75) is 6.54 Å². The summed E-state index contributed by atoms with van der Waals surface area (Å²) in [6.07, 6.45) is 0. The first-order valence-electron chi connectivity index (χ1n) is 7.30. The van der Waals surface area contributed by atoms with Gasteiger partial charge in [0.25, 0.3) is 5.91 Å². The molecular formula is C18H16ClNO3S. The molecule has 2 aromatic carbocycles. The van der Waals surface area contributed by atoms with Gasteiger partial charge in [-0.25, -0.2) is 0 Å². The van der Waals surface area contributed by atoms with Crippen LogP contribution in [-0.2, 0) is 6.54 Å². The van der Waals surface area contributed by atoms with Crippen molar-refractivity contribution in [3.05, 3.63) is 57.9 Å². The largest absolute Gasteiger partial charge is 0.496 e. The van der Waals surface area contributed by atoms with Crippen LogP contribution in [0.25, 0.3) is 10.1 Å². The molecule has 4 nitrogen and oxygen atoms in total. The molecule has 0 fully saturated rings. The number of hydrogen-bond donors (Lipinski definition) is 1. The number of amides is 1. The molecule has 1 N–H and O–H groups in total. The van der Waals surface area contributed by atoms with Crippen LogP contribution in [0.1, 0.15) is 15.2 Å². The maximum Gasteiger partial charge on any atom is 0.265 e. The third-order valence-corrected chi connectivity index (χ3v) is 5.03. The number of para-hydroxylation sites is 1. The van der Waals surface area contributed by atoms with Gasteiger partial charge in [0.1, 0.15) is 16.4 Å². The van der Waals surface area contributed by atoms with Crippen LogP contribution in [0, 0.1) is 0 Å². The Morgan fingerprint density at radius 2 is 1.96 bits per heavy atom. The number of halogens is 1. The molecule has 0 atom stereocenters. The number of carbonyl (C=O) groups is 1. The summed E-state index contributed by atoms with van der Waals surface area (Å²) in [6.45, 7) is 0.376. The highest BCUT2D eigenvalue weighted by atomic mass is 35.5. The van der Waals surface area contributed by atoms with Crippen molar-refractivity contribution in [1.29, 1.82) is 0 Å². The summed E-state index contributed by atoms with van der Waals surface area (Å²) in [5.41, 5.74) is 0.913. The Morgan fingerprint density at radius 3 is 2.71 bits per heavy atom. The molecule has 0 saturated carbocycles. The van der Waals surface area contributed by atoms with Crippen LogP contribution in [0.5, 0.6) is 11.5 Å². The van der Waals surface area contributed by atoms with Gasteiger partial charge in [0.05, 0.1) is 14.2 Å². The third kappa shape index (κ3) is 3.18. The fourth-order valence-electron chi connectivity index (χ4n) is 2.50. The van der Waals surface area contributed by atoms with Crippen molar-refractivity contribution in [1.82, 2.24) is 5.32 Å². The van der Waals surface area contributed by atoms with Gasteiger partial charge in [-0.05, 0) is 24.3 Å². The third-order valence-electron chi connectivity index (χ3n) is 3.65. The zero-order valence-corrected chi connectivity index (χ0v) is 14.8. The highest BCUT2D eigenvalue weighted by molar-refractivity contribution is 7.21. The Morgan fingerprint density at radius 1 is 1.17 bits per heavy atom. The topological polar surface area (TPSA) is 47.6 Å². The average molecular weight is 362 g/mol.